The van der Waals surface area contributed by atoms with Gasteiger partial charge in [-0.15, -0.1) is 0 Å². The van der Waals surface area contributed by atoms with E-state index in [9.17, 15) is 0 Å². The Morgan fingerprint density at radius 3 is 2.53 bits per heavy atom. The van der Waals surface area contributed by atoms with Gasteiger partial charge in [-0.25, -0.2) is 0 Å². The average Bonchev–Trinajstić information content (AvgIpc) is 2.35. The van der Waals surface area contributed by atoms with Crippen molar-refractivity contribution in [2.24, 2.45) is 11.7 Å². The van der Waals surface area contributed by atoms with Crippen LogP contribution in [0.25, 0.3) is 0 Å². The lowest BCUT2D eigenvalue weighted by molar-refractivity contribution is 0.585. The third-order valence-electron chi connectivity index (χ3n) is 3.49. The summed E-state index contributed by atoms with van der Waals surface area (Å²) in [6.45, 7) is 7.74. The van der Waals surface area contributed by atoms with Gasteiger partial charge in [0, 0.05) is 24.1 Å². The number of halogens is 1. The molecule has 1 aromatic rings. The van der Waals surface area contributed by atoms with Gasteiger partial charge in [-0.2, -0.15) is 0 Å². The Morgan fingerprint density at radius 1 is 1.32 bits per heavy atom. The molecule has 0 fully saturated rings. The quantitative estimate of drug-likeness (QED) is 0.813. The van der Waals surface area contributed by atoms with Crippen molar-refractivity contribution >= 4 is 21.6 Å². The predicted octanol–water partition coefficient (Wildman–Crippen LogP) is 4.21. The summed E-state index contributed by atoms with van der Waals surface area (Å²) in [4.78, 5) is 2.31. The molecule has 0 aliphatic heterocycles. The van der Waals surface area contributed by atoms with Crippen molar-refractivity contribution in [1.82, 2.24) is 0 Å². The molecule has 0 spiro atoms. The molecule has 0 amide bonds. The van der Waals surface area contributed by atoms with Gasteiger partial charge in [0.15, 0.2) is 0 Å². The molecule has 1 aromatic carbocycles. The first kappa shape index (κ1) is 16.5. The number of hydrogen-bond donors (Lipinski definition) is 1. The minimum Gasteiger partial charge on any atom is -0.374 e. The second-order valence-electron chi connectivity index (χ2n) is 5.76. The molecule has 0 bridgehead atoms. The standard InChI is InChI=1S/C16H27BrN2/c1-5-14(18)10-13-6-7-16(15(17)11-13)19(4)9-8-12(2)3/h6-7,11-12,14H,5,8-10,18H2,1-4H3. The summed E-state index contributed by atoms with van der Waals surface area (Å²) >= 11 is 3.68. The maximum absolute atomic E-state index is 6.01. The topological polar surface area (TPSA) is 29.3 Å². The van der Waals surface area contributed by atoms with E-state index in [1.165, 1.54) is 22.1 Å². The summed E-state index contributed by atoms with van der Waals surface area (Å²) in [6.07, 6.45) is 3.18. The number of nitrogens with two attached hydrogens (primary N) is 1. The zero-order chi connectivity index (χ0) is 14.4. The van der Waals surface area contributed by atoms with Gasteiger partial charge < -0.3 is 10.6 Å². The Bertz CT molecular complexity index is 390. The molecule has 19 heavy (non-hydrogen) atoms. The molecule has 0 aliphatic carbocycles. The van der Waals surface area contributed by atoms with E-state index in [4.69, 9.17) is 5.73 Å². The normalized spacial score (nSPS) is 12.8. The fourth-order valence-electron chi connectivity index (χ4n) is 2.01. The van der Waals surface area contributed by atoms with Crippen molar-refractivity contribution in [3.8, 4) is 0 Å². The van der Waals surface area contributed by atoms with Crippen molar-refractivity contribution < 1.29 is 0 Å². The molecule has 1 unspecified atom stereocenters. The first-order chi connectivity index (χ1) is 8.93. The molecule has 0 saturated heterocycles. The Balaban J connectivity index is 2.71. The molecule has 0 saturated carbocycles. The van der Waals surface area contributed by atoms with Crippen LogP contribution in [0.15, 0.2) is 22.7 Å². The van der Waals surface area contributed by atoms with E-state index in [0.717, 1.165) is 25.3 Å². The van der Waals surface area contributed by atoms with E-state index >= 15 is 0 Å². The van der Waals surface area contributed by atoms with Crippen molar-refractivity contribution in [2.75, 3.05) is 18.5 Å². The van der Waals surface area contributed by atoms with Crippen molar-refractivity contribution in [1.29, 1.82) is 0 Å². The predicted molar refractivity (Wildman–Crippen MR) is 88.8 cm³/mol. The lowest BCUT2D eigenvalue weighted by atomic mass is 10.0. The third-order valence-corrected chi connectivity index (χ3v) is 4.12. The smallest absolute Gasteiger partial charge is 0.0508 e. The molecule has 2 nitrogen and oxygen atoms in total. The van der Waals surface area contributed by atoms with Gasteiger partial charge in [-0.05, 0) is 58.8 Å². The molecule has 2 N–H and O–H groups in total. The minimum atomic E-state index is 0.261. The van der Waals surface area contributed by atoms with Crippen LogP contribution in [0.5, 0.6) is 0 Å². The Labute approximate surface area is 126 Å². The lowest BCUT2D eigenvalue weighted by Crippen LogP contribution is -2.22. The SMILES string of the molecule is CCC(N)Cc1ccc(N(C)CCC(C)C)c(Br)c1. The number of rotatable bonds is 7. The minimum absolute atomic E-state index is 0.261. The zero-order valence-corrected chi connectivity index (χ0v) is 14.2. The van der Waals surface area contributed by atoms with Gasteiger partial charge in [0.05, 0.1) is 5.69 Å². The van der Waals surface area contributed by atoms with E-state index in [1.54, 1.807) is 0 Å². The summed E-state index contributed by atoms with van der Waals surface area (Å²) < 4.78 is 1.17. The van der Waals surface area contributed by atoms with Crippen molar-refractivity contribution in [3.63, 3.8) is 0 Å². The van der Waals surface area contributed by atoms with Crippen LogP contribution in [0.2, 0.25) is 0 Å². The molecule has 108 valence electrons. The Morgan fingerprint density at radius 2 is 2.00 bits per heavy atom. The molecular weight excluding hydrogens is 300 g/mol. The van der Waals surface area contributed by atoms with Crippen LogP contribution < -0.4 is 10.6 Å². The second kappa shape index (κ2) is 7.91. The lowest BCUT2D eigenvalue weighted by Gasteiger charge is -2.22. The van der Waals surface area contributed by atoms with Gasteiger partial charge in [0.2, 0.25) is 0 Å². The number of hydrogen-bond acceptors (Lipinski definition) is 2. The number of nitrogens with zero attached hydrogens (tertiary/aromatic N) is 1. The van der Waals surface area contributed by atoms with Crippen LogP contribution in [-0.4, -0.2) is 19.6 Å². The highest BCUT2D eigenvalue weighted by Crippen LogP contribution is 2.27. The van der Waals surface area contributed by atoms with Gasteiger partial charge in [0.1, 0.15) is 0 Å². The molecule has 3 heteroatoms. The van der Waals surface area contributed by atoms with Crippen LogP contribution in [0.1, 0.15) is 39.2 Å². The fraction of sp³-hybridized carbons (Fsp3) is 0.625. The van der Waals surface area contributed by atoms with Gasteiger partial charge in [-0.1, -0.05) is 26.8 Å². The van der Waals surface area contributed by atoms with Crippen LogP contribution in [0.4, 0.5) is 5.69 Å². The second-order valence-corrected chi connectivity index (χ2v) is 6.62. The largest absolute Gasteiger partial charge is 0.374 e. The van der Waals surface area contributed by atoms with Gasteiger partial charge in [0.25, 0.3) is 0 Å². The van der Waals surface area contributed by atoms with E-state index in [1.807, 2.05) is 0 Å². The van der Waals surface area contributed by atoms with E-state index in [2.05, 4.69) is 66.8 Å². The van der Waals surface area contributed by atoms with Crippen LogP contribution in [0.3, 0.4) is 0 Å². The zero-order valence-electron chi connectivity index (χ0n) is 12.6. The molecular formula is C16H27BrN2. The summed E-state index contributed by atoms with van der Waals surface area (Å²) in [5.74, 6) is 0.739. The maximum atomic E-state index is 6.01. The van der Waals surface area contributed by atoms with Gasteiger partial charge >= 0.3 is 0 Å². The highest BCUT2D eigenvalue weighted by atomic mass is 79.9. The Hall–Kier alpha value is -0.540. The van der Waals surface area contributed by atoms with Crippen molar-refractivity contribution in [2.45, 2.75) is 46.1 Å². The number of benzene rings is 1. The monoisotopic (exact) mass is 326 g/mol. The summed E-state index contributed by atoms with van der Waals surface area (Å²) in [5.41, 5.74) is 8.57. The molecule has 0 aliphatic rings. The highest BCUT2D eigenvalue weighted by molar-refractivity contribution is 9.10. The van der Waals surface area contributed by atoms with E-state index in [0.29, 0.717) is 0 Å². The van der Waals surface area contributed by atoms with Crippen molar-refractivity contribution in [3.05, 3.63) is 28.2 Å². The molecule has 1 atom stereocenters. The van der Waals surface area contributed by atoms with Crippen LogP contribution in [0, 0.1) is 5.92 Å². The summed E-state index contributed by atoms with van der Waals surface area (Å²) in [5, 5.41) is 0. The average molecular weight is 327 g/mol. The summed E-state index contributed by atoms with van der Waals surface area (Å²) in [6, 6.07) is 6.86. The van der Waals surface area contributed by atoms with Gasteiger partial charge in [-0.3, -0.25) is 0 Å². The van der Waals surface area contributed by atoms with Crippen LogP contribution in [-0.2, 0) is 6.42 Å². The molecule has 0 radical (unpaired) electrons. The molecule has 1 rings (SSSR count). The first-order valence-electron chi connectivity index (χ1n) is 7.19. The molecule has 0 heterocycles. The summed E-state index contributed by atoms with van der Waals surface area (Å²) in [7, 11) is 2.15. The highest BCUT2D eigenvalue weighted by Gasteiger charge is 2.09. The maximum Gasteiger partial charge on any atom is 0.0508 e. The van der Waals surface area contributed by atoms with E-state index in [-0.39, 0.29) is 6.04 Å². The fourth-order valence-corrected chi connectivity index (χ4v) is 2.74. The Kier molecular flexibility index (Phi) is 6.87. The first-order valence-corrected chi connectivity index (χ1v) is 7.98. The molecule has 0 aromatic heterocycles. The van der Waals surface area contributed by atoms with E-state index < -0.39 is 0 Å². The number of anilines is 1. The van der Waals surface area contributed by atoms with Crippen LogP contribution >= 0.6 is 15.9 Å². The third kappa shape index (κ3) is 5.53.